The summed E-state index contributed by atoms with van der Waals surface area (Å²) in [5, 5.41) is 3.30. The molecule has 9 heteroatoms. The summed E-state index contributed by atoms with van der Waals surface area (Å²) in [6, 6.07) is 9.68. The number of nitrogens with one attached hydrogen (secondary N) is 1. The van der Waals surface area contributed by atoms with Gasteiger partial charge in [0.1, 0.15) is 11.4 Å². The van der Waals surface area contributed by atoms with Crippen molar-refractivity contribution in [2.24, 2.45) is 0 Å². The van der Waals surface area contributed by atoms with E-state index < -0.39 is 6.04 Å². The maximum absolute atomic E-state index is 13.7. The molecular weight excluding hydrogens is 495 g/mol. The third-order valence-corrected chi connectivity index (χ3v) is 7.79. The Morgan fingerprint density at radius 2 is 1.79 bits per heavy atom. The van der Waals surface area contributed by atoms with Crippen LogP contribution in [0.1, 0.15) is 53.9 Å². The number of thioether (sulfide) groups is 1. The van der Waals surface area contributed by atoms with Crippen LogP contribution in [-0.2, 0) is 4.79 Å². The number of halogens is 2. The summed E-state index contributed by atoms with van der Waals surface area (Å²) in [5.74, 6) is 1.20. The van der Waals surface area contributed by atoms with Gasteiger partial charge in [0.2, 0.25) is 5.91 Å². The van der Waals surface area contributed by atoms with Gasteiger partial charge in [-0.15, -0.1) is 11.8 Å². The number of benzene rings is 2. The average Bonchev–Trinajstić information content (AvgIpc) is 3.29. The fourth-order valence-electron chi connectivity index (χ4n) is 3.88. The Kier molecular flexibility index (Phi) is 9.80. The van der Waals surface area contributed by atoms with Crippen molar-refractivity contribution in [1.82, 2.24) is 10.2 Å². The molecule has 2 aromatic carbocycles. The van der Waals surface area contributed by atoms with E-state index in [1.807, 2.05) is 12.1 Å². The molecule has 0 spiro atoms. The summed E-state index contributed by atoms with van der Waals surface area (Å²) < 4.78 is 10.8. The summed E-state index contributed by atoms with van der Waals surface area (Å²) in [7, 11) is 3.14. The molecule has 1 aliphatic heterocycles. The van der Waals surface area contributed by atoms with Crippen LogP contribution < -0.4 is 14.8 Å². The number of carbonyl (C=O) groups excluding carboxylic acids is 2. The van der Waals surface area contributed by atoms with Crippen LogP contribution in [0, 0.1) is 0 Å². The molecule has 3 rings (SSSR count). The first-order valence-corrected chi connectivity index (χ1v) is 13.1. The quantitative estimate of drug-likeness (QED) is 0.388. The second kappa shape index (κ2) is 12.6. The van der Waals surface area contributed by atoms with Gasteiger partial charge in [0.25, 0.3) is 5.91 Å². The van der Waals surface area contributed by atoms with Crippen molar-refractivity contribution in [3.8, 4) is 11.5 Å². The number of unbranched alkanes of at least 4 members (excludes halogenated alkanes) is 3. The minimum absolute atomic E-state index is 0.152. The zero-order chi connectivity index (χ0) is 24.7. The van der Waals surface area contributed by atoms with Gasteiger partial charge in [0.05, 0.1) is 24.3 Å². The van der Waals surface area contributed by atoms with E-state index in [0.717, 1.165) is 31.2 Å². The minimum atomic E-state index is -0.615. The highest BCUT2D eigenvalue weighted by Crippen LogP contribution is 2.44. The molecule has 0 aliphatic carbocycles. The molecule has 0 radical (unpaired) electrons. The molecule has 1 saturated heterocycles. The van der Waals surface area contributed by atoms with Crippen LogP contribution >= 0.6 is 35.0 Å². The zero-order valence-electron chi connectivity index (χ0n) is 19.6. The maximum atomic E-state index is 13.7. The number of carbonyl (C=O) groups is 2. The number of hydrogen-bond acceptors (Lipinski definition) is 5. The van der Waals surface area contributed by atoms with Gasteiger partial charge in [0, 0.05) is 17.9 Å². The zero-order valence-corrected chi connectivity index (χ0v) is 21.9. The van der Waals surface area contributed by atoms with E-state index in [9.17, 15) is 9.59 Å². The monoisotopic (exact) mass is 524 g/mol. The smallest absolute Gasteiger partial charge is 0.255 e. The Hall–Kier alpha value is -2.09. The Balaban J connectivity index is 1.90. The molecule has 1 aliphatic rings. The van der Waals surface area contributed by atoms with E-state index >= 15 is 0 Å². The van der Waals surface area contributed by atoms with Crippen molar-refractivity contribution in [3.05, 3.63) is 57.6 Å². The predicted molar refractivity (Wildman–Crippen MR) is 138 cm³/mol. The first-order chi connectivity index (χ1) is 16.4. The van der Waals surface area contributed by atoms with Crippen LogP contribution in [0.25, 0.3) is 0 Å². The van der Waals surface area contributed by atoms with Crippen LogP contribution in [0.2, 0.25) is 10.0 Å². The summed E-state index contributed by atoms with van der Waals surface area (Å²) in [4.78, 5) is 28.4. The van der Waals surface area contributed by atoms with E-state index in [1.165, 1.54) is 11.8 Å². The third-order valence-electron chi connectivity index (χ3n) is 5.73. The SMILES string of the molecule is CCCCCCNC(=O)C1CSC(c2ccc(OC)c(OC)c2)N1C(=O)c1ccc(Cl)c(Cl)c1. The number of ether oxygens (including phenoxy) is 2. The molecule has 0 saturated carbocycles. The minimum Gasteiger partial charge on any atom is -0.493 e. The largest absolute Gasteiger partial charge is 0.493 e. The van der Waals surface area contributed by atoms with Crippen LogP contribution in [0.15, 0.2) is 36.4 Å². The molecule has 1 fully saturated rings. The van der Waals surface area contributed by atoms with Crippen LogP contribution in [0.3, 0.4) is 0 Å². The first kappa shape index (κ1) is 26.5. The van der Waals surface area contributed by atoms with Crippen molar-refractivity contribution < 1.29 is 19.1 Å². The van der Waals surface area contributed by atoms with Gasteiger partial charge in [-0.2, -0.15) is 0 Å². The second-order valence-electron chi connectivity index (χ2n) is 8.01. The molecule has 0 aromatic heterocycles. The van der Waals surface area contributed by atoms with E-state index in [4.69, 9.17) is 32.7 Å². The number of methoxy groups -OCH3 is 2. The number of amides is 2. The van der Waals surface area contributed by atoms with E-state index in [1.54, 1.807) is 43.4 Å². The summed E-state index contributed by atoms with van der Waals surface area (Å²) in [6.45, 7) is 2.74. The summed E-state index contributed by atoms with van der Waals surface area (Å²) in [6.07, 6.45) is 4.25. The van der Waals surface area contributed by atoms with Crippen LogP contribution in [-0.4, -0.2) is 49.3 Å². The van der Waals surface area contributed by atoms with Crippen molar-refractivity contribution in [2.75, 3.05) is 26.5 Å². The lowest BCUT2D eigenvalue weighted by Crippen LogP contribution is -2.48. The van der Waals surface area contributed by atoms with E-state index in [0.29, 0.717) is 39.4 Å². The molecule has 2 aromatic rings. The van der Waals surface area contributed by atoms with Crippen molar-refractivity contribution in [3.63, 3.8) is 0 Å². The molecule has 2 atom stereocenters. The van der Waals surface area contributed by atoms with Crippen molar-refractivity contribution in [1.29, 1.82) is 0 Å². The van der Waals surface area contributed by atoms with Gasteiger partial charge in [-0.05, 0) is 42.3 Å². The topological polar surface area (TPSA) is 67.9 Å². The third kappa shape index (κ3) is 6.12. The maximum Gasteiger partial charge on any atom is 0.255 e. The van der Waals surface area contributed by atoms with Gasteiger partial charge < -0.3 is 19.7 Å². The number of hydrogen-bond donors (Lipinski definition) is 1. The van der Waals surface area contributed by atoms with Gasteiger partial charge in [-0.3, -0.25) is 9.59 Å². The molecular formula is C25H30Cl2N2O4S. The molecule has 2 amide bonds. The highest BCUT2D eigenvalue weighted by Gasteiger charge is 2.42. The molecule has 184 valence electrons. The van der Waals surface area contributed by atoms with Crippen LogP contribution in [0.4, 0.5) is 0 Å². The fraction of sp³-hybridized carbons (Fsp3) is 0.440. The van der Waals surface area contributed by atoms with E-state index in [2.05, 4.69) is 12.2 Å². The second-order valence-corrected chi connectivity index (χ2v) is 9.94. The van der Waals surface area contributed by atoms with Gasteiger partial charge in [-0.1, -0.05) is 55.5 Å². The Morgan fingerprint density at radius 3 is 2.47 bits per heavy atom. The lowest BCUT2D eigenvalue weighted by molar-refractivity contribution is -0.124. The lowest BCUT2D eigenvalue weighted by Gasteiger charge is -2.29. The lowest BCUT2D eigenvalue weighted by atomic mass is 10.1. The molecule has 0 bridgehead atoms. The summed E-state index contributed by atoms with van der Waals surface area (Å²) in [5.41, 5.74) is 1.22. The number of rotatable bonds is 10. The Bertz CT molecular complexity index is 1020. The Labute approximate surface area is 215 Å². The predicted octanol–water partition coefficient (Wildman–Crippen LogP) is 5.96. The van der Waals surface area contributed by atoms with Crippen LogP contribution in [0.5, 0.6) is 11.5 Å². The first-order valence-electron chi connectivity index (χ1n) is 11.3. The highest BCUT2D eigenvalue weighted by molar-refractivity contribution is 7.99. The van der Waals surface area contributed by atoms with Crippen molar-refractivity contribution >= 4 is 46.8 Å². The van der Waals surface area contributed by atoms with Crippen molar-refractivity contribution in [2.45, 2.75) is 44.0 Å². The van der Waals surface area contributed by atoms with Gasteiger partial charge >= 0.3 is 0 Å². The van der Waals surface area contributed by atoms with Gasteiger partial charge in [-0.25, -0.2) is 0 Å². The van der Waals surface area contributed by atoms with Gasteiger partial charge in [0.15, 0.2) is 11.5 Å². The van der Waals surface area contributed by atoms with E-state index in [-0.39, 0.29) is 17.2 Å². The summed E-state index contributed by atoms with van der Waals surface area (Å²) >= 11 is 13.8. The standard InChI is InChI=1S/C25H30Cl2N2O4S/c1-4-5-6-7-12-28-23(30)20-15-34-25(17-9-11-21(32-2)22(14-17)33-3)29(20)24(31)16-8-10-18(26)19(27)13-16/h8-11,13-14,20,25H,4-7,12,15H2,1-3H3,(H,28,30). The molecule has 1 N–H and O–H groups in total. The highest BCUT2D eigenvalue weighted by atomic mass is 35.5. The average molecular weight is 525 g/mol. The molecule has 6 nitrogen and oxygen atoms in total. The number of nitrogens with zero attached hydrogens (tertiary/aromatic N) is 1. The molecule has 34 heavy (non-hydrogen) atoms. The Morgan fingerprint density at radius 1 is 1.03 bits per heavy atom. The molecule has 1 heterocycles. The normalized spacial score (nSPS) is 17.5. The fourth-order valence-corrected chi connectivity index (χ4v) is 5.60. The molecule has 2 unspecified atom stereocenters.